The second-order valence-corrected chi connectivity index (χ2v) is 7.16. The normalized spacial score (nSPS) is 53.7. The third kappa shape index (κ3) is 0.796. The fourth-order valence-corrected chi connectivity index (χ4v) is 5.90. The molecule has 2 fully saturated rings. The summed E-state index contributed by atoms with van der Waals surface area (Å²) in [6, 6.07) is 0. The van der Waals surface area contributed by atoms with Crippen molar-refractivity contribution in [2.24, 2.45) is 16.2 Å². The first-order valence-electron chi connectivity index (χ1n) is 6.72. The first-order valence-corrected chi connectivity index (χ1v) is 6.72. The van der Waals surface area contributed by atoms with Crippen LogP contribution in [0.1, 0.15) is 59.8 Å². The Labute approximate surface area is 98.9 Å². The molecule has 0 amide bonds. The molecule has 16 heavy (non-hydrogen) atoms. The number of rotatable bonds is 0. The van der Waals surface area contributed by atoms with Gasteiger partial charge in [-0.15, -0.1) is 0 Å². The molecule has 1 N–H and O–H groups in total. The van der Waals surface area contributed by atoms with Gasteiger partial charge >= 0.3 is 0 Å². The Hall–Kier alpha value is -0.300. The molecule has 0 spiro atoms. The minimum atomic E-state index is -0.474. The van der Waals surface area contributed by atoms with Gasteiger partial charge in [-0.25, -0.2) is 0 Å². The van der Waals surface area contributed by atoms with Crippen LogP contribution in [0.25, 0.3) is 0 Å². The molecule has 2 saturated carbocycles. The van der Waals surface area contributed by atoms with Gasteiger partial charge in [0, 0.05) is 5.41 Å². The first-order chi connectivity index (χ1) is 7.29. The van der Waals surface area contributed by atoms with E-state index >= 15 is 0 Å². The average molecular weight is 220 g/mol. The third-order valence-corrected chi connectivity index (χ3v) is 6.41. The monoisotopic (exact) mass is 220 g/mol. The number of hydrogen-bond donors (Lipinski definition) is 1. The molecule has 0 aromatic rings. The zero-order valence-electron chi connectivity index (χ0n) is 11.1. The molecule has 1 heteroatoms. The molecular weight excluding hydrogens is 196 g/mol. The summed E-state index contributed by atoms with van der Waals surface area (Å²) in [5.41, 5.74) is 1.72. The van der Waals surface area contributed by atoms with Crippen molar-refractivity contribution >= 4 is 0 Å². The van der Waals surface area contributed by atoms with Crippen molar-refractivity contribution in [2.75, 3.05) is 0 Å². The van der Waals surface area contributed by atoms with Crippen LogP contribution < -0.4 is 0 Å². The Balaban J connectivity index is 2.27. The number of hydrogen-bond acceptors (Lipinski definition) is 1. The molecular formula is C15H24O. The van der Waals surface area contributed by atoms with Crippen LogP contribution >= 0.6 is 0 Å². The molecule has 90 valence electrons. The molecule has 1 nitrogen and oxygen atoms in total. The molecule has 3 aliphatic carbocycles. The first kappa shape index (κ1) is 10.8. The van der Waals surface area contributed by atoms with Gasteiger partial charge in [-0.3, -0.25) is 0 Å². The maximum absolute atomic E-state index is 10.9. The lowest BCUT2D eigenvalue weighted by molar-refractivity contribution is -0.0714. The van der Waals surface area contributed by atoms with E-state index in [-0.39, 0.29) is 10.8 Å². The van der Waals surface area contributed by atoms with E-state index in [9.17, 15) is 5.11 Å². The van der Waals surface area contributed by atoms with Crippen LogP contribution in [0, 0.1) is 16.2 Å². The lowest BCUT2D eigenvalue weighted by Gasteiger charge is -2.49. The van der Waals surface area contributed by atoms with Crippen molar-refractivity contribution in [1.29, 1.82) is 0 Å². The van der Waals surface area contributed by atoms with E-state index in [0.29, 0.717) is 5.41 Å². The summed E-state index contributed by atoms with van der Waals surface area (Å²) in [5, 5.41) is 10.9. The van der Waals surface area contributed by atoms with Crippen molar-refractivity contribution in [2.45, 2.75) is 65.4 Å². The minimum Gasteiger partial charge on any atom is -0.389 e. The standard InChI is InChI=1S/C15H24O/c1-11-10-12(2,3)14-6-5-7-15(11,14)13(4,16)8-9-14/h10,16H,5-9H2,1-4H3/t13-,14-,15-/m0/s1. The highest BCUT2D eigenvalue weighted by Crippen LogP contribution is 2.78. The summed E-state index contributed by atoms with van der Waals surface area (Å²) >= 11 is 0. The number of allylic oxidation sites excluding steroid dienone is 1. The Bertz CT molecular complexity index is 377. The zero-order chi connectivity index (χ0) is 11.8. The van der Waals surface area contributed by atoms with Crippen LogP contribution in [0.5, 0.6) is 0 Å². The molecule has 0 radical (unpaired) electrons. The van der Waals surface area contributed by atoms with Crippen LogP contribution in [-0.2, 0) is 0 Å². The molecule has 0 heterocycles. The van der Waals surface area contributed by atoms with E-state index in [1.165, 1.54) is 31.3 Å². The van der Waals surface area contributed by atoms with Gasteiger partial charge in [0.05, 0.1) is 5.60 Å². The van der Waals surface area contributed by atoms with Crippen molar-refractivity contribution < 1.29 is 5.11 Å². The SMILES string of the molecule is CC1=CC(C)(C)[C@@]23CCC[C@@]12[C@@](C)(O)CC3. The molecule has 3 atom stereocenters. The van der Waals surface area contributed by atoms with E-state index in [1.807, 2.05) is 0 Å². The lowest BCUT2D eigenvalue weighted by atomic mass is 9.56. The molecule has 0 aromatic carbocycles. The predicted molar refractivity (Wildman–Crippen MR) is 66.1 cm³/mol. The van der Waals surface area contributed by atoms with E-state index < -0.39 is 5.60 Å². The van der Waals surface area contributed by atoms with Gasteiger partial charge < -0.3 is 5.11 Å². The summed E-state index contributed by atoms with van der Waals surface area (Å²) in [6.07, 6.45) is 8.46. The van der Waals surface area contributed by atoms with Crippen LogP contribution in [0.2, 0.25) is 0 Å². The highest BCUT2D eigenvalue weighted by Gasteiger charge is 2.74. The topological polar surface area (TPSA) is 20.2 Å². The quantitative estimate of drug-likeness (QED) is 0.617. The maximum atomic E-state index is 10.9. The molecule has 0 saturated heterocycles. The second-order valence-electron chi connectivity index (χ2n) is 7.16. The maximum Gasteiger partial charge on any atom is 0.0718 e. The Kier molecular flexibility index (Phi) is 1.75. The van der Waals surface area contributed by atoms with Crippen LogP contribution in [0.15, 0.2) is 11.6 Å². The predicted octanol–water partition coefficient (Wildman–Crippen LogP) is 3.67. The van der Waals surface area contributed by atoms with Crippen molar-refractivity contribution in [3.63, 3.8) is 0 Å². The Morgan fingerprint density at radius 3 is 2.38 bits per heavy atom. The van der Waals surface area contributed by atoms with Gasteiger partial charge in [-0.05, 0) is 50.4 Å². The van der Waals surface area contributed by atoms with Crippen molar-refractivity contribution in [3.8, 4) is 0 Å². The molecule has 0 unspecified atom stereocenters. The van der Waals surface area contributed by atoms with Crippen LogP contribution in [-0.4, -0.2) is 10.7 Å². The second kappa shape index (κ2) is 2.58. The molecule has 0 bridgehead atoms. The summed E-state index contributed by atoms with van der Waals surface area (Å²) < 4.78 is 0. The largest absolute Gasteiger partial charge is 0.389 e. The smallest absolute Gasteiger partial charge is 0.0718 e. The Morgan fingerprint density at radius 1 is 1.06 bits per heavy atom. The van der Waals surface area contributed by atoms with E-state index in [2.05, 4.69) is 33.8 Å². The van der Waals surface area contributed by atoms with Gasteiger partial charge in [0.2, 0.25) is 0 Å². The Morgan fingerprint density at radius 2 is 1.75 bits per heavy atom. The van der Waals surface area contributed by atoms with Gasteiger partial charge in [-0.1, -0.05) is 31.9 Å². The summed E-state index contributed by atoms with van der Waals surface area (Å²) in [5.74, 6) is 0. The average Bonchev–Trinajstić information content (AvgIpc) is 2.67. The summed E-state index contributed by atoms with van der Waals surface area (Å²) in [4.78, 5) is 0. The fraction of sp³-hybridized carbons (Fsp3) is 0.867. The zero-order valence-corrected chi connectivity index (χ0v) is 11.1. The number of aliphatic hydroxyl groups is 1. The summed E-state index contributed by atoms with van der Waals surface area (Å²) in [7, 11) is 0. The highest BCUT2D eigenvalue weighted by atomic mass is 16.3. The van der Waals surface area contributed by atoms with Crippen LogP contribution in [0.3, 0.4) is 0 Å². The lowest BCUT2D eigenvalue weighted by Crippen LogP contribution is -2.49. The van der Waals surface area contributed by atoms with E-state index in [0.717, 1.165) is 6.42 Å². The molecule has 0 aliphatic heterocycles. The van der Waals surface area contributed by atoms with Gasteiger partial charge in [0.25, 0.3) is 0 Å². The third-order valence-electron chi connectivity index (χ3n) is 6.41. The highest BCUT2D eigenvalue weighted by molar-refractivity contribution is 5.40. The van der Waals surface area contributed by atoms with Gasteiger partial charge in [0.15, 0.2) is 0 Å². The van der Waals surface area contributed by atoms with E-state index in [4.69, 9.17) is 0 Å². The molecule has 3 rings (SSSR count). The van der Waals surface area contributed by atoms with Crippen molar-refractivity contribution in [3.05, 3.63) is 11.6 Å². The summed E-state index contributed by atoms with van der Waals surface area (Å²) in [6.45, 7) is 9.10. The van der Waals surface area contributed by atoms with Crippen molar-refractivity contribution in [1.82, 2.24) is 0 Å². The van der Waals surface area contributed by atoms with Gasteiger partial charge in [0.1, 0.15) is 0 Å². The van der Waals surface area contributed by atoms with Crippen LogP contribution in [0.4, 0.5) is 0 Å². The van der Waals surface area contributed by atoms with Gasteiger partial charge in [-0.2, -0.15) is 0 Å². The fourth-order valence-electron chi connectivity index (χ4n) is 5.90. The molecule has 3 aliphatic rings. The minimum absolute atomic E-state index is 0.101. The van der Waals surface area contributed by atoms with E-state index in [1.54, 1.807) is 0 Å². The molecule has 0 aromatic heterocycles.